The Morgan fingerprint density at radius 1 is 1.20 bits per heavy atom. The first kappa shape index (κ1) is 15.3. The Bertz CT molecular complexity index is 530. The minimum absolute atomic E-state index is 0.189. The van der Waals surface area contributed by atoms with Crippen LogP contribution < -0.4 is 16.0 Å². The van der Waals surface area contributed by atoms with Gasteiger partial charge in [0.15, 0.2) is 0 Å². The van der Waals surface area contributed by atoms with Crippen molar-refractivity contribution in [2.24, 2.45) is 0 Å². The molecule has 1 aromatic carbocycles. The molecule has 0 saturated carbocycles. The predicted molar refractivity (Wildman–Crippen MR) is 70.8 cm³/mol. The van der Waals surface area contributed by atoms with Crippen molar-refractivity contribution in [2.75, 3.05) is 18.4 Å². The van der Waals surface area contributed by atoms with Gasteiger partial charge in [0.2, 0.25) is 5.91 Å². The molecule has 108 valence electrons. The maximum absolute atomic E-state index is 11.5. The Kier molecular flexibility index (Phi) is 5.33. The molecule has 0 unspecified atom stereocenters. The minimum Gasteiger partial charge on any atom is -0.507 e. The van der Waals surface area contributed by atoms with Crippen molar-refractivity contribution in [1.29, 1.82) is 0 Å². The fraction of sp³-hybridized carbons (Fsp3) is 0.250. The minimum atomic E-state index is -1.31. The van der Waals surface area contributed by atoms with E-state index in [1.807, 2.05) is 0 Å². The number of carbonyl (C=O) groups is 3. The van der Waals surface area contributed by atoms with Gasteiger partial charge in [0.25, 0.3) is 0 Å². The van der Waals surface area contributed by atoms with Crippen molar-refractivity contribution in [3.63, 3.8) is 0 Å². The van der Waals surface area contributed by atoms with E-state index in [1.54, 1.807) is 6.92 Å². The summed E-state index contributed by atoms with van der Waals surface area (Å²) in [7, 11) is 0. The fourth-order valence-electron chi connectivity index (χ4n) is 1.38. The van der Waals surface area contributed by atoms with Gasteiger partial charge in [-0.1, -0.05) is 0 Å². The third-order valence-corrected chi connectivity index (χ3v) is 2.27. The number of likely N-dealkylation sites (N-methyl/N-ethyl adjacent to an activating group) is 1. The van der Waals surface area contributed by atoms with Crippen molar-refractivity contribution in [3.05, 3.63) is 23.8 Å². The van der Waals surface area contributed by atoms with E-state index in [-0.39, 0.29) is 23.7 Å². The summed E-state index contributed by atoms with van der Waals surface area (Å²) in [5, 5.41) is 25.3. The summed E-state index contributed by atoms with van der Waals surface area (Å²) in [6.07, 6.45) is 0. The van der Waals surface area contributed by atoms with E-state index in [4.69, 9.17) is 5.11 Å². The average molecular weight is 281 g/mol. The van der Waals surface area contributed by atoms with Gasteiger partial charge < -0.3 is 26.2 Å². The number of urea groups is 1. The van der Waals surface area contributed by atoms with Crippen LogP contribution in [0.5, 0.6) is 5.75 Å². The molecule has 0 bridgehead atoms. The highest BCUT2D eigenvalue weighted by Gasteiger charge is 2.11. The van der Waals surface area contributed by atoms with E-state index >= 15 is 0 Å². The molecule has 0 aliphatic carbocycles. The Morgan fingerprint density at radius 2 is 1.90 bits per heavy atom. The number of carbonyl (C=O) groups excluding carboxylic acids is 2. The van der Waals surface area contributed by atoms with Crippen molar-refractivity contribution >= 4 is 23.6 Å². The molecule has 8 nitrogen and oxygen atoms in total. The molecule has 3 amide bonds. The summed E-state index contributed by atoms with van der Waals surface area (Å²) in [6, 6.07) is 2.96. The Balaban J connectivity index is 2.60. The van der Waals surface area contributed by atoms with Gasteiger partial charge in [-0.15, -0.1) is 0 Å². The number of carboxylic acids is 1. The van der Waals surface area contributed by atoms with Crippen LogP contribution in [0.1, 0.15) is 17.3 Å². The second-order valence-electron chi connectivity index (χ2n) is 3.80. The van der Waals surface area contributed by atoms with E-state index in [0.29, 0.717) is 6.54 Å². The Labute approximate surface area is 114 Å². The molecule has 20 heavy (non-hydrogen) atoms. The second-order valence-corrected chi connectivity index (χ2v) is 3.80. The van der Waals surface area contributed by atoms with Gasteiger partial charge in [-0.2, -0.15) is 0 Å². The van der Waals surface area contributed by atoms with Gasteiger partial charge in [-0.05, 0) is 25.1 Å². The third-order valence-electron chi connectivity index (χ3n) is 2.27. The van der Waals surface area contributed by atoms with Crippen molar-refractivity contribution in [2.45, 2.75) is 6.92 Å². The average Bonchev–Trinajstić information content (AvgIpc) is 2.39. The zero-order chi connectivity index (χ0) is 15.1. The first-order valence-corrected chi connectivity index (χ1v) is 5.82. The smallest absolute Gasteiger partial charge is 0.339 e. The number of hydrogen-bond acceptors (Lipinski definition) is 4. The van der Waals surface area contributed by atoms with Gasteiger partial charge in [0.1, 0.15) is 11.3 Å². The molecule has 5 N–H and O–H groups in total. The van der Waals surface area contributed by atoms with Gasteiger partial charge in [0.05, 0.1) is 6.54 Å². The lowest BCUT2D eigenvalue weighted by Gasteiger charge is -2.08. The predicted octanol–water partition coefficient (Wildman–Crippen LogP) is 0.348. The third kappa shape index (κ3) is 4.48. The fourth-order valence-corrected chi connectivity index (χ4v) is 1.38. The number of hydrogen-bond donors (Lipinski definition) is 5. The quantitative estimate of drug-likeness (QED) is 0.497. The van der Waals surface area contributed by atoms with Crippen molar-refractivity contribution in [1.82, 2.24) is 10.6 Å². The topological polar surface area (TPSA) is 128 Å². The first-order valence-electron chi connectivity index (χ1n) is 5.82. The lowest BCUT2D eigenvalue weighted by Crippen LogP contribution is -2.38. The maximum Gasteiger partial charge on any atom is 0.339 e. The molecule has 0 atom stereocenters. The zero-order valence-corrected chi connectivity index (χ0v) is 10.8. The van der Waals surface area contributed by atoms with Gasteiger partial charge >= 0.3 is 12.0 Å². The summed E-state index contributed by atoms with van der Waals surface area (Å²) >= 11 is 0. The molecular formula is C12H15N3O5. The van der Waals surface area contributed by atoms with Crippen LogP contribution in [0.15, 0.2) is 18.2 Å². The SMILES string of the molecule is CCNC(=O)CNC(=O)Nc1ccc(O)c(C(=O)O)c1. The first-order chi connectivity index (χ1) is 9.43. The molecule has 0 spiro atoms. The molecule has 0 aromatic heterocycles. The van der Waals surface area contributed by atoms with Crippen LogP contribution >= 0.6 is 0 Å². The van der Waals surface area contributed by atoms with E-state index in [0.717, 1.165) is 12.1 Å². The number of aromatic carboxylic acids is 1. The van der Waals surface area contributed by atoms with E-state index in [2.05, 4.69) is 16.0 Å². The van der Waals surface area contributed by atoms with Gasteiger partial charge in [-0.25, -0.2) is 9.59 Å². The van der Waals surface area contributed by atoms with Crippen LogP contribution in [0, 0.1) is 0 Å². The second kappa shape index (κ2) is 6.98. The highest BCUT2D eigenvalue weighted by molar-refractivity contribution is 5.96. The largest absolute Gasteiger partial charge is 0.507 e. The molecule has 0 radical (unpaired) electrons. The molecule has 0 aliphatic rings. The summed E-state index contributed by atoms with van der Waals surface area (Å²) in [6.45, 7) is 2.02. The highest BCUT2D eigenvalue weighted by Crippen LogP contribution is 2.21. The van der Waals surface area contributed by atoms with E-state index in [9.17, 15) is 19.5 Å². The summed E-state index contributed by atoms with van der Waals surface area (Å²) in [4.78, 5) is 33.4. The molecule has 8 heteroatoms. The Hall–Kier alpha value is -2.77. The molecule has 0 saturated heterocycles. The van der Waals surface area contributed by atoms with Crippen LogP contribution in [-0.2, 0) is 4.79 Å². The molecule has 0 heterocycles. The summed E-state index contributed by atoms with van der Waals surface area (Å²) in [5.74, 6) is -2.04. The number of nitrogens with one attached hydrogen (secondary N) is 3. The van der Waals surface area contributed by atoms with Crippen LogP contribution in [-0.4, -0.2) is 41.2 Å². The summed E-state index contributed by atoms with van der Waals surface area (Å²) < 4.78 is 0. The molecular weight excluding hydrogens is 266 g/mol. The van der Waals surface area contributed by atoms with Crippen LogP contribution in [0.25, 0.3) is 0 Å². The van der Waals surface area contributed by atoms with Crippen LogP contribution in [0.4, 0.5) is 10.5 Å². The lowest BCUT2D eigenvalue weighted by atomic mass is 10.2. The highest BCUT2D eigenvalue weighted by atomic mass is 16.4. The van der Waals surface area contributed by atoms with Gasteiger partial charge in [0, 0.05) is 12.2 Å². The van der Waals surface area contributed by atoms with E-state index in [1.165, 1.54) is 6.07 Å². The number of amides is 3. The number of rotatable bonds is 5. The number of phenols is 1. The number of carboxylic acid groups (broad SMARTS) is 1. The number of benzene rings is 1. The van der Waals surface area contributed by atoms with Crippen molar-refractivity contribution in [3.8, 4) is 5.75 Å². The lowest BCUT2D eigenvalue weighted by molar-refractivity contribution is -0.119. The number of aromatic hydroxyl groups is 1. The molecule has 1 aromatic rings. The number of anilines is 1. The van der Waals surface area contributed by atoms with Gasteiger partial charge in [-0.3, -0.25) is 4.79 Å². The molecule has 0 aliphatic heterocycles. The van der Waals surface area contributed by atoms with Crippen molar-refractivity contribution < 1.29 is 24.6 Å². The standard InChI is InChI=1S/C12H15N3O5/c1-2-13-10(17)6-14-12(20)15-7-3-4-9(16)8(5-7)11(18)19/h3-5,16H,2,6H2,1H3,(H,13,17)(H,18,19)(H2,14,15,20). The molecule has 1 rings (SSSR count). The Morgan fingerprint density at radius 3 is 2.50 bits per heavy atom. The van der Waals surface area contributed by atoms with Crippen LogP contribution in [0.2, 0.25) is 0 Å². The maximum atomic E-state index is 11.5. The monoisotopic (exact) mass is 281 g/mol. The van der Waals surface area contributed by atoms with Crippen LogP contribution in [0.3, 0.4) is 0 Å². The normalized spacial score (nSPS) is 9.65. The van der Waals surface area contributed by atoms with E-state index < -0.39 is 17.7 Å². The molecule has 0 fully saturated rings. The summed E-state index contributed by atoms with van der Waals surface area (Å²) in [5.41, 5.74) is -0.139. The zero-order valence-electron chi connectivity index (χ0n) is 10.8.